The number of halogens is 2. The normalized spacial score (nSPS) is 12.1. The predicted octanol–water partition coefficient (Wildman–Crippen LogP) is 6.40. The standard InChI is InChI=1S/C19H22BrClN2S/c1-11(2)18(15-7-5-12(3)9-13(15)4)23-19(24)22-14-6-8-16(20)17(21)10-14/h5-11,18H,1-4H3,(H2,22,23,24)/t18-/m0/s1. The molecular formula is C19H22BrClN2S. The third-order valence-electron chi connectivity index (χ3n) is 3.89. The first kappa shape index (κ1) is 19.2. The van der Waals surface area contributed by atoms with E-state index in [9.17, 15) is 0 Å². The molecule has 0 aliphatic heterocycles. The molecule has 24 heavy (non-hydrogen) atoms. The van der Waals surface area contributed by atoms with Crippen molar-refractivity contribution in [2.45, 2.75) is 33.7 Å². The van der Waals surface area contributed by atoms with E-state index in [0.717, 1.165) is 10.2 Å². The van der Waals surface area contributed by atoms with E-state index in [1.54, 1.807) is 0 Å². The SMILES string of the molecule is Cc1ccc([C@@H](NC(=S)Nc2ccc(Br)c(Cl)c2)C(C)C)c(C)c1. The molecule has 0 amide bonds. The Kier molecular flexibility index (Phi) is 6.67. The van der Waals surface area contributed by atoms with Gasteiger partial charge in [0.05, 0.1) is 11.1 Å². The molecular weight excluding hydrogens is 404 g/mol. The van der Waals surface area contributed by atoms with Crippen molar-refractivity contribution in [3.05, 3.63) is 62.6 Å². The van der Waals surface area contributed by atoms with Crippen LogP contribution in [-0.4, -0.2) is 5.11 Å². The average molecular weight is 426 g/mol. The number of anilines is 1. The van der Waals surface area contributed by atoms with E-state index in [2.05, 4.69) is 72.5 Å². The van der Waals surface area contributed by atoms with Gasteiger partial charge in [-0.3, -0.25) is 0 Å². The lowest BCUT2D eigenvalue weighted by molar-refractivity contribution is 0.471. The molecule has 2 aromatic rings. The maximum atomic E-state index is 6.13. The second-order valence-corrected chi connectivity index (χ2v) is 7.98. The first-order valence-corrected chi connectivity index (χ1v) is 9.45. The number of hydrogen-bond acceptors (Lipinski definition) is 1. The van der Waals surface area contributed by atoms with E-state index < -0.39 is 0 Å². The van der Waals surface area contributed by atoms with Gasteiger partial charge in [-0.1, -0.05) is 49.2 Å². The number of benzene rings is 2. The summed E-state index contributed by atoms with van der Waals surface area (Å²) in [6, 6.07) is 12.4. The van der Waals surface area contributed by atoms with Gasteiger partial charge in [0.1, 0.15) is 0 Å². The van der Waals surface area contributed by atoms with E-state index in [1.807, 2.05) is 18.2 Å². The van der Waals surface area contributed by atoms with Gasteiger partial charge < -0.3 is 10.6 Å². The summed E-state index contributed by atoms with van der Waals surface area (Å²) < 4.78 is 0.865. The molecule has 0 radical (unpaired) electrons. The van der Waals surface area contributed by atoms with Crippen LogP contribution in [0.15, 0.2) is 40.9 Å². The second-order valence-electron chi connectivity index (χ2n) is 6.31. The lowest BCUT2D eigenvalue weighted by Crippen LogP contribution is -2.35. The highest BCUT2D eigenvalue weighted by molar-refractivity contribution is 9.10. The Morgan fingerprint density at radius 1 is 1.12 bits per heavy atom. The first-order chi connectivity index (χ1) is 11.3. The van der Waals surface area contributed by atoms with Crippen LogP contribution in [0.1, 0.15) is 36.6 Å². The third-order valence-corrected chi connectivity index (χ3v) is 5.34. The van der Waals surface area contributed by atoms with Crippen LogP contribution in [0.2, 0.25) is 5.02 Å². The fourth-order valence-corrected chi connectivity index (χ4v) is 3.33. The molecule has 5 heteroatoms. The highest BCUT2D eigenvalue weighted by atomic mass is 79.9. The molecule has 128 valence electrons. The lowest BCUT2D eigenvalue weighted by atomic mass is 9.92. The minimum atomic E-state index is 0.150. The van der Waals surface area contributed by atoms with Crippen LogP contribution < -0.4 is 10.6 Å². The Morgan fingerprint density at radius 2 is 1.83 bits per heavy atom. The largest absolute Gasteiger partial charge is 0.355 e. The van der Waals surface area contributed by atoms with Crippen molar-refractivity contribution in [3.8, 4) is 0 Å². The summed E-state index contributed by atoms with van der Waals surface area (Å²) in [5.41, 5.74) is 4.68. The fourth-order valence-electron chi connectivity index (χ4n) is 2.66. The molecule has 2 N–H and O–H groups in total. The Bertz CT molecular complexity index is 746. The molecule has 1 atom stereocenters. The van der Waals surface area contributed by atoms with Crippen LogP contribution in [0.3, 0.4) is 0 Å². The summed E-state index contributed by atoms with van der Waals surface area (Å²) in [6.07, 6.45) is 0. The summed E-state index contributed by atoms with van der Waals surface area (Å²) >= 11 is 15.0. The third kappa shape index (κ3) is 4.95. The van der Waals surface area contributed by atoms with E-state index in [-0.39, 0.29) is 6.04 Å². The van der Waals surface area contributed by atoms with Crippen LogP contribution in [0.4, 0.5) is 5.69 Å². The Hall–Kier alpha value is -1.10. The van der Waals surface area contributed by atoms with Gasteiger partial charge in [0.2, 0.25) is 0 Å². The van der Waals surface area contributed by atoms with Crippen molar-refractivity contribution in [1.82, 2.24) is 5.32 Å². The van der Waals surface area contributed by atoms with Crippen molar-refractivity contribution in [3.63, 3.8) is 0 Å². The summed E-state index contributed by atoms with van der Waals surface area (Å²) in [6.45, 7) is 8.63. The van der Waals surface area contributed by atoms with E-state index >= 15 is 0 Å². The molecule has 0 saturated heterocycles. The van der Waals surface area contributed by atoms with E-state index in [4.69, 9.17) is 23.8 Å². The molecule has 2 rings (SSSR count). The second kappa shape index (κ2) is 8.32. The monoisotopic (exact) mass is 424 g/mol. The molecule has 2 nitrogen and oxygen atoms in total. The summed E-state index contributed by atoms with van der Waals surface area (Å²) in [4.78, 5) is 0. The predicted molar refractivity (Wildman–Crippen MR) is 112 cm³/mol. The molecule has 0 aromatic heterocycles. The summed E-state index contributed by atoms with van der Waals surface area (Å²) in [5.74, 6) is 0.402. The zero-order valence-electron chi connectivity index (χ0n) is 14.3. The maximum absolute atomic E-state index is 6.13. The van der Waals surface area contributed by atoms with E-state index in [1.165, 1.54) is 16.7 Å². The molecule has 0 heterocycles. The van der Waals surface area contributed by atoms with Crippen molar-refractivity contribution in [1.29, 1.82) is 0 Å². The summed E-state index contributed by atoms with van der Waals surface area (Å²) in [5, 5.41) is 7.89. The van der Waals surface area contributed by atoms with Crippen LogP contribution in [-0.2, 0) is 0 Å². The fraction of sp³-hybridized carbons (Fsp3) is 0.316. The van der Waals surface area contributed by atoms with Crippen LogP contribution in [0.5, 0.6) is 0 Å². The molecule has 2 aromatic carbocycles. The van der Waals surface area contributed by atoms with Crippen molar-refractivity contribution >= 4 is 50.5 Å². The highest BCUT2D eigenvalue weighted by Crippen LogP contribution is 2.27. The van der Waals surface area contributed by atoms with Crippen molar-refractivity contribution < 1.29 is 0 Å². The van der Waals surface area contributed by atoms with Gasteiger partial charge in [0.25, 0.3) is 0 Å². The van der Waals surface area contributed by atoms with Gasteiger partial charge in [0, 0.05) is 10.2 Å². The molecule has 0 spiro atoms. The van der Waals surface area contributed by atoms with E-state index in [0.29, 0.717) is 16.1 Å². The van der Waals surface area contributed by atoms with Gasteiger partial charge in [-0.05, 0) is 77.2 Å². The minimum absolute atomic E-state index is 0.150. The highest BCUT2D eigenvalue weighted by Gasteiger charge is 2.18. The van der Waals surface area contributed by atoms with Gasteiger partial charge in [0.15, 0.2) is 5.11 Å². The molecule has 0 fully saturated rings. The van der Waals surface area contributed by atoms with Gasteiger partial charge in [-0.25, -0.2) is 0 Å². The number of hydrogen-bond donors (Lipinski definition) is 2. The molecule has 0 aliphatic rings. The smallest absolute Gasteiger partial charge is 0.171 e. The van der Waals surface area contributed by atoms with Crippen LogP contribution >= 0.6 is 39.7 Å². The Morgan fingerprint density at radius 3 is 2.42 bits per heavy atom. The van der Waals surface area contributed by atoms with Crippen molar-refractivity contribution in [2.24, 2.45) is 5.92 Å². The van der Waals surface area contributed by atoms with Crippen LogP contribution in [0, 0.1) is 19.8 Å². The van der Waals surface area contributed by atoms with Gasteiger partial charge in [-0.15, -0.1) is 0 Å². The van der Waals surface area contributed by atoms with Gasteiger partial charge >= 0.3 is 0 Å². The quantitative estimate of drug-likeness (QED) is 0.554. The zero-order valence-corrected chi connectivity index (χ0v) is 17.4. The molecule has 0 saturated carbocycles. The first-order valence-electron chi connectivity index (χ1n) is 7.87. The number of thiocarbonyl (C=S) groups is 1. The molecule has 0 aliphatic carbocycles. The van der Waals surface area contributed by atoms with Crippen LogP contribution in [0.25, 0.3) is 0 Å². The topological polar surface area (TPSA) is 24.1 Å². The molecule has 0 unspecified atom stereocenters. The number of rotatable bonds is 4. The minimum Gasteiger partial charge on any atom is -0.355 e. The van der Waals surface area contributed by atoms with Gasteiger partial charge in [-0.2, -0.15) is 0 Å². The zero-order chi connectivity index (χ0) is 17.9. The maximum Gasteiger partial charge on any atom is 0.171 e. The number of aryl methyl sites for hydroxylation is 2. The molecule has 0 bridgehead atoms. The lowest BCUT2D eigenvalue weighted by Gasteiger charge is -2.26. The number of nitrogens with one attached hydrogen (secondary N) is 2. The Balaban J connectivity index is 2.15. The average Bonchev–Trinajstić information content (AvgIpc) is 2.49. The summed E-state index contributed by atoms with van der Waals surface area (Å²) in [7, 11) is 0. The van der Waals surface area contributed by atoms with Crippen molar-refractivity contribution in [2.75, 3.05) is 5.32 Å². The Labute approximate surface area is 163 Å².